The molecule has 1 atom stereocenters. The highest BCUT2D eigenvalue weighted by atomic mass is 16.5. The number of ether oxygens (including phenoxy) is 1. The zero-order valence-electron chi connectivity index (χ0n) is 21.8. The molecule has 0 fully saturated rings. The number of nitrogens with one attached hydrogen (secondary N) is 1. The molecule has 6 heteroatoms. The van der Waals surface area contributed by atoms with Crippen LogP contribution in [0.4, 0.5) is 0 Å². The lowest BCUT2D eigenvalue weighted by atomic mass is 10.0. The zero-order valence-corrected chi connectivity index (χ0v) is 21.8. The molecule has 1 unspecified atom stereocenters. The predicted octanol–water partition coefficient (Wildman–Crippen LogP) is 6.89. The number of carbonyl (C=O) groups excluding carboxylic acids is 1. The van der Waals surface area contributed by atoms with Crippen LogP contribution in [0.2, 0.25) is 0 Å². The quantitative estimate of drug-likeness (QED) is 0.265. The summed E-state index contributed by atoms with van der Waals surface area (Å²) in [4.78, 5) is 25.4. The molecule has 0 spiro atoms. The number of hydrogen-bond acceptors (Lipinski definition) is 4. The van der Waals surface area contributed by atoms with Gasteiger partial charge in [0.2, 0.25) is 0 Å². The van der Waals surface area contributed by atoms with E-state index in [1.807, 2.05) is 85.8 Å². The van der Waals surface area contributed by atoms with Gasteiger partial charge in [-0.15, -0.1) is 0 Å². The zero-order chi connectivity index (χ0) is 27.4. The molecule has 0 bridgehead atoms. The summed E-state index contributed by atoms with van der Waals surface area (Å²) in [5, 5.41) is 13.4. The van der Waals surface area contributed by atoms with Gasteiger partial charge in [-0.25, -0.2) is 4.79 Å². The summed E-state index contributed by atoms with van der Waals surface area (Å²) < 4.78 is 11.8. The van der Waals surface area contributed by atoms with Crippen LogP contribution in [0, 0.1) is 13.8 Å². The Morgan fingerprint density at radius 3 is 2.44 bits per heavy atom. The number of furan rings is 1. The van der Waals surface area contributed by atoms with Crippen LogP contribution in [0.15, 0.2) is 113 Å². The van der Waals surface area contributed by atoms with E-state index >= 15 is 0 Å². The van der Waals surface area contributed by atoms with Crippen molar-refractivity contribution >= 4 is 22.8 Å². The number of fused-ring (bicyclic) bond motifs is 1. The summed E-state index contributed by atoms with van der Waals surface area (Å²) >= 11 is 0. The normalized spacial score (nSPS) is 13.8. The SMILES string of the molecule is Cc1ccc(-c2ccc3c(C)c(C(=O)NC(C(=O)O)C4=CCC=C(OCc5ccccc5)C=C4)oc3c2)cc1. The Kier molecular flexibility index (Phi) is 7.46. The smallest absolute Gasteiger partial charge is 0.330 e. The lowest BCUT2D eigenvalue weighted by Crippen LogP contribution is -2.42. The molecule has 0 radical (unpaired) electrons. The van der Waals surface area contributed by atoms with Gasteiger partial charge in [0.25, 0.3) is 5.91 Å². The Balaban J connectivity index is 1.31. The third-order valence-electron chi connectivity index (χ3n) is 6.75. The molecule has 1 heterocycles. The van der Waals surface area contributed by atoms with Gasteiger partial charge < -0.3 is 19.6 Å². The first-order valence-corrected chi connectivity index (χ1v) is 12.8. The van der Waals surface area contributed by atoms with E-state index in [1.54, 1.807) is 25.2 Å². The van der Waals surface area contributed by atoms with Crippen molar-refractivity contribution in [3.63, 3.8) is 0 Å². The van der Waals surface area contributed by atoms with Crippen LogP contribution < -0.4 is 5.32 Å². The topological polar surface area (TPSA) is 88.8 Å². The van der Waals surface area contributed by atoms with Crippen molar-refractivity contribution in [2.75, 3.05) is 0 Å². The number of carboxylic acid groups (broad SMARTS) is 1. The molecule has 196 valence electrons. The van der Waals surface area contributed by atoms with E-state index in [0.717, 1.165) is 22.1 Å². The Hall–Kier alpha value is -4.84. The van der Waals surface area contributed by atoms with Gasteiger partial charge in [-0.1, -0.05) is 84.4 Å². The first-order valence-electron chi connectivity index (χ1n) is 12.8. The van der Waals surface area contributed by atoms with Gasteiger partial charge in [-0.2, -0.15) is 0 Å². The van der Waals surface area contributed by atoms with Gasteiger partial charge in [0.05, 0.1) is 0 Å². The van der Waals surface area contributed by atoms with Crippen LogP contribution in [-0.4, -0.2) is 23.0 Å². The summed E-state index contributed by atoms with van der Waals surface area (Å²) in [6, 6.07) is 22.5. The third-order valence-corrected chi connectivity index (χ3v) is 6.75. The number of allylic oxidation sites excluding steroid dienone is 3. The minimum atomic E-state index is -1.24. The minimum Gasteiger partial charge on any atom is -0.489 e. The molecule has 1 aliphatic carbocycles. The molecular weight excluding hydrogens is 490 g/mol. The van der Waals surface area contributed by atoms with Crippen molar-refractivity contribution in [3.05, 3.63) is 131 Å². The molecule has 39 heavy (non-hydrogen) atoms. The molecule has 0 aliphatic heterocycles. The van der Waals surface area contributed by atoms with Crippen molar-refractivity contribution in [2.45, 2.75) is 32.9 Å². The minimum absolute atomic E-state index is 0.0977. The van der Waals surface area contributed by atoms with Crippen LogP contribution in [0.1, 0.15) is 33.7 Å². The Morgan fingerprint density at radius 2 is 1.69 bits per heavy atom. The van der Waals surface area contributed by atoms with Crippen LogP contribution in [0.5, 0.6) is 0 Å². The number of rotatable bonds is 8. The molecule has 0 saturated carbocycles. The van der Waals surface area contributed by atoms with Crippen molar-refractivity contribution in [1.29, 1.82) is 0 Å². The second-order valence-electron chi connectivity index (χ2n) is 9.53. The van der Waals surface area contributed by atoms with E-state index in [-0.39, 0.29) is 5.76 Å². The van der Waals surface area contributed by atoms with E-state index in [1.165, 1.54) is 5.56 Å². The van der Waals surface area contributed by atoms with Crippen molar-refractivity contribution in [3.8, 4) is 11.1 Å². The van der Waals surface area contributed by atoms with E-state index in [9.17, 15) is 14.7 Å². The maximum atomic E-state index is 13.2. The van der Waals surface area contributed by atoms with Crippen molar-refractivity contribution < 1.29 is 23.8 Å². The van der Waals surface area contributed by atoms with Crippen LogP contribution in [0.3, 0.4) is 0 Å². The third kappa shape index (κ3) is 5.85. The summed E-state index contributed by atoms with van der Waals surface area (Å²) in [5.41, 5.74) is 5.91. The predicted molar refractivity (Wildman–Crippen MR) is 151 cm³/mol. The summed E-state index contributed by atoms with van der Waals surface area (Å²) in [5.74, 6) is -1.01. The van der Waals surface area contributed by atoms with Gasteiger partial charge in [0, 0.05) is 10.9 Å². The first-order chi connectivity index (χ1) is 18.9. The summed E-state index contributed by atoms with van der Waals surface area (Å²) in [7, 11) is 0. The van der Waals surface area contributed by atoms with E-state index in [2.05, 4.69) is 5.32 Å². The maximum absolute atomic E-state index is 13.2. The monoisotopic (exact) mass is 519 g/mol. The van der Waals surface area contributed by atoms with E-state index < -0.39 is 17.9 Å². The van der Waals surface area contributed by atoms with E-state index in [4.69, 9.17) is 9.15 Å². The highest BCUT2D eigenvalue weighted by Gasteiger charge is 2.27. The fourth-order valence-electron chi connectivity index (χ4n) is 4.54. The van der Waals surface area contributed by atoms with Gasteiger partial charge in [0.15, 0.2) is 11.8 Å². The fourth-order valence-corrected chi connectivity index (χ4v) is 4.54. The number of amides is 1. The second-order valence-corrected chi connectivity index (χ2v) is 9.53. The number of carboxylic acids is 1. The number of carbonyl (C=O) groups is 2. The van der Waals surface area contributed by atoms with Gasteiger partial charge in [-0.3, -0.25) is 4.79 Å². The average molecular weight is 520 g/mol. The van der Waals surface area contributed by atoms with Gasteiger partial charge in [-0.05, 0) is 60.8 Å². The van der Waals surface area contributed by atoms with Crippen molar-refractivity contribution in [1.82, 2.24) is 5.32 Å². The highest BCUT2D eigenvalue weighted by Crippen LogP contribution is 2.30. The molecule has 1 aromatic heterocycles. The van der Waals surface area contributed by atoms with Crippen LogP contribution >= 0.6 is 0 Å². The standard InChI is InChI=1S/C33H29NO5/c1-21-11-13-24(14-12-21)26-16-18-28-22(2)31(39-29(28)19-26)32(35)34-30(33(36)37)25-9-6-10-27(17-15-25)38-20-23-7-4-3-5-8-23/h3-5,7-19,30H,6,20H2,1-2H3,(H,34,35)(H,36,37). The highest BCUT2D eigenvalue weighted by molar-refractivity contribution is 6.01. The van der Waals surface area contributed by atoms with E-state index in [0.29, 0.717) is 35.5 Å². The average Bonchev–Trinajstić information content (AvgIpc) is 3.11. The molecule has 2 N–H and O–H groups in total. The van der Waals surface area contributed by atoms with Crippen LogP contribution in [0.25, 0.3) is 22.1 Å². The molecule has 1 aliphatic rings. The van der Waals surface area contributed by atoms with Crippen LogP contribution in [-0.2, 0) is 16.1 Å². The summed E-state index contributed by atoms with van der Waals surface area (Å²) in [6.45, 7) is 4.24. The Bertz CT molecular complexity index is 1610. The molecule has 0 saturated heterocycles. The number of hydrogen-bond donors (Lipinski definition) is 2. The Labute approximate surface area is 226 Å². The first kappa shape index (κ1) is 25.8. The van der Waals surface area contributed by atoms with Crippen molar-refractivity contribution in [2.24, 2.45) is 0 Å². The number of aliphatic carboxylic acids is 1. The fraction of sp³-hybridized carbons (Fsp3) is 0.152. The lowest BCUT2D eigenvalue weighted by molar-refractivity contribution is -0.138. The second kappa shape index (κ2) is 11.3. The largest absolute Gasteiger partial charge is 0.489 e. The van der Waals surface area contributed by atoms with Gasteiger partial charge >= 0.3 is 5.97 Å². The molecule has 1 amide bonds. The maximum Gasteiger partial charge on any atom is 0.330 e. The Morgan fingerprint density at radius 1 is 0.949 bits per heavy atom. The molecule has 3 aromatic carbocycles. The molecule has 4 aromatic rings. The molecule has 6 nitrogen and oxygen atoms in total. The van der Waals surface area contributed by atoms with Gasteiger partial charge in [0.1, 0.15) is 17.9 Å². The summed E-state index contributed by atoms with van der Waals surface area (Å²) in [6.07, 6.45) is 7.51. The number of aryl methyl sites for hydroxylation is 2. The lowest BCUT2D eigenvalue weighted by Gasteiger charge is -2.15. The molecule has 5 rings (SSSR count). The number of benzene rings is 3. The molecular formula is C33H29NO5.